The number of nitrogens with zero attached hydrogens (tertiary/aromatic N) is 2. The Kier molecular flexibility index (Phi) is 2.44. The molecule has 0 bridgehead atoms. The lowest BCUT2D eigenvalue weighted by Gasteiger charge is -2.01. The Bertz CT molecular complexity index is 398. The molecule has 1 heterocycles. The number of H-pyrrole nitrogens is 1. The molecule has 4 nitrogen and oxygen atoms in total. The van der Waals surface area contributed by atoms with Gasteiger partial charge in [-0.05, 0) is 24.5 Å². The minimum atomic E-state index is 0.344. The summed E-state index contributed by atoms with van der Waals surface area (Å²) in [6.07, 6.45) is 3.26. The van der Waals surface area contributed by atoms with Crippen molar-refractivity contribution in [2.75, 3.05) is 0 Å². The van der Waals surface area contributed by atoms with E-state index in [1.165, 1.54) is 0 Å². The fourth-order valence-electron chi connectivity index (χ4n) is 1.33. The number of phenolic OH excluding ortho intramolecular Hbond substituents is 1. The number of aromatic nitrogens is 3. The molecule has 0 saturated heterocycles. The molecule has 0 atom stereocenters. The average Bonchev–Trinajstić information content (AvgIpc) is 2.69. The molecule has 4 heteroatoms. The van der Waals surface area contributed by atoms with Crippen LogP contribution < -0.4 is 0 Å². The SMILES string of the molecule is Oc1ccccc1CCc1cn[nH]n1. The molecular formula is C10H11N3O. The van der Waals surface area contributed by atoms with Crippen LogP contribution >= 0.6 is 0 Å². The van der Waals surface area contributed by atoms with Gasteiger partial charge in [-0.2, -0.15) is 15.4 Å². The third kappa shape index (κ3) is 1.90. The van der Waals surface area contributed by atoms with Crippen molar-refractivity contribution in [2.24, 2.45) is 0 Å². The summed E-state index contributed by atoms with van der Waals surface area (Å²) in [7, 11) is 0. The van der Waals surface area contributed by atoms with Crippen LogP contribution in [0, 0.1) is 0 Å². The number of aromatic amines is 1. The summed E-state index contributed by atoms with van der Waals surface area (Å²) in [5.74, 6) is 0.344. The predicted octanol–water partition coefficient (Wildman–Crippen LogP) is 1.30. The molecule has 0 fully saturated rings. The van der Waals surface area contributed by atoms with Gasteiger partial charge in [-0.15, -0.1) is 0 Å². The zero-order valence-electron chi connectivity index (χ0n) is 7.64. The molecule has 72 valence electrons. The first kappa shape index (κ1) is 8.74. The number of aryl methyl sites for hydroxylation is 2. The quantitative estimate of drug-likeness (QED) is 0.764. The topological polar surface area (TPSA) is 61.8 Å². The molecule has 1 aromatic heterocycles. The molecule has 2 rings (SSSR count). The van der Waals surface area contributed by atoms with Gasteiger partial charge < -0.3 is 5.11 Å². The Morgan fingerprint density at radius 2 is 2.07 bits per heavy atom. The maximum atomic E-state index is 9.50. The van der Waals surface area contributed by atoms with Crippen molar-refractivity contribution in [3.05, 3.63) is 41.7 Å². The Labute approximate surface area is 81.6 Å². The van der Waals surface area contributed by atoms with Crippen molar-refractivity contribution >= 4 is 0 Å². The molecule has 1 aromatic carbocycles. The van der Waals surface area contributed by atoms with Crippen LogP contribution in [0.15, 0.2) is 30.5 Å². The van der Waals surface area contributed by atoms with Crippen LogP contribution in [0.2, 0.25) is 0 Å². The molecule has 0 aliphatic heterocycles. The van der Waals surface area contributed by atoms with Crippen LogP contribution in [0.4, 0.5) is 0 Å². The van der Waals surface area contributed by atoms with E-state index in [1.54, 1.807) is 12.3 Å². The lowest BCUT2D eigenvalue weighted by molar-refractivity contribution is 0.468. The highest BCUT2D eigenvalue weighted by Crippen LogP contribution is 2.17. The molecule has 0 radical (unpaired) electrons. The maximum absolute atomic E-state index is 9.50. The fourth-order valence-corrected chi connectivity index (χ4v) is 1.33. The van der Waals surface area contributed by atoms with Crippen molar-refractivity contribution in [3.63, 3.8) is 0 Å². The highest BCUT2D eigenvalue weighted by Gasteiger charge is 2.01. The first-order valence-corrected chi connectivity index (χ1v) is 4.48. The van der Waals surface area contributed by atoms with Crippen LogP contribution in [-0.4, -0.2) is 20.5 Å². The van der Waals surface area contributed by atoms with Crippen molar-refractivity contribution in [3.8, 4) is 5.75 Å². The number of hydrogen-bond donors (Lipinski definition) is 2. The maximum Gasteiger partial charge on any atom is 0.118 e. The third-order valence-corrected chi connectivity index (χ3v) is 2.11. The summed E-state index contributed by atoms with van der Waals surface area (Å²) in [5, 5.41) is 19.7. The molecule has 0 amide bonds. The van der Waals surface area contributed by atoms with E-state index in [0.717, 1.165) is 24.1 Å². The number of phenols is 1. The van der Waals surface area contributed by atoms with Gasteiger partial charge in [0.15, 0.2) is 0 Å². The molecule has 0 saturated carbocycles. The monoisotopic (exact) mass is 189 g/mol. The van der Waals surface area contributed by atoms with Gasteiger partial charge in [-0.25, -0.2) is 0 Å². The van der Waals surface area contributed by atoms with E-state index in [0.29, 0.717) is 5.75 Å². The summed E-state index contributed by atoms with van der Waals surface area (Å²) in [4.78, 5) is 0. The second-order valence-electron chi connectivity index (χ2n) is 3.09. The second-order valence-corrected chi connectivity index (χ2v) is 3.09. The Morgan fingerprint density at radius 1 is 1.21 bits per heavy atom. The summed E-state index contributed by atoms with van der Waals surface area (Å²) in [6, 6.07) is 7.33. The highest BCUT2D eigenvalue weighted by atomic mass is 16.3. The van der Waals surface area contributed by atoms with E-state index in [9.17, 15) is 5.11 Å². The summed E-state index contributed by atoms with van der Waals surface area (Å²) < 4.78 is 0. The minimum absolute atomic E-state index is 0.344. The van der Waals surface area contributed by atoms with E-state index >= 15 is 0 Å². The van der Waals surface area contributed by atoms with Crippen molar-refractivity contribution in [1.82, 2.24) is 15.4 Å². The smallest absolute Gasteiger partial charge is 0.118 e. The molecule has 0 aliphatic rings. The van der Waals surface area contributed by atoms with Crippen LogP contribution in [0.1, 0.15) is 11.3 Å². The van der Waals surface area contributed by atoms with Gasteiger partial charge in [0.2, 0.25) is 0 Å². The van der Waals surface area contributed by atoms with E-state index in [4.69, 9.17) is 0 Å². The molecule has 2 aromatic rings. The number of rotatable bonds is 3. The van der Waals surface area contributed by atoms with Gasteiger partial charge in [-0.3, -0.25) is 0 Å². The van der Waals surface area contributed by atoms with Gasteiger partial charge in [0.05, 0.1) is 11.9 Å². The van der Waals surface area contributed by atoms with Crippen LogP contribution in [-0.2, 0) is 12.8 Å². The Hall–Kier alpha value is -1.84. The first-order valence-electron chi connectivity index (χ1n) is 4.48. The zero-order chi connectivity index (χ0) is 9.80. The summed E-state index contributed by atoms with van der Waals surface area (Å²) >= 11 is 0. The van der Waals surface area contributed by atoms with Crippen molar-refractivity contribution in [2.45, 2.75) is 12.8 Å². The Balaban J connectivity index is 2.02. The molecule has 14 heavy (non-hydrogen) atoms. The first-order chi connectivity index (χ1) is 6.86. The second kappa shape index (κ2) is 3.91. The van der Waals surface area contributed by atoms with Gasteiger partial charge >= 0.3 is 0 Å². The zero-order valence-corrected chi connectivity index (χ0v) is 7.64. The van der Waals surface area contributed by atoms with Crippen LogP contribution in [0.5, 0.6) is 5.75 Å². The average molecular weight is 189 g/mol. The van der Waals surface area contributed by atoms with Gasteiger partial charge in [0.25, 0.3) is 0 Å². The predicted molar refractivity (Wildman–Crippen MR) is 51.9 cm³/mol. The molecule has 0 spiro atoms. The lowest BCUT2D eigenvalue weighted by Crippen LogP contribution is -1.91. The number of benzene rings is 1. The van der Waals surface area contributed by atoms with Crippen molar-refractivity contribution in [1.29, 1.82) is 0 Å². The van der Waals surface area contributed by atoms with E-state index in [-0.39, 0.29) is 0 Å². The van der Waals surface area contributed by atoms with Gasteiger partial charge in [0, 0.05) is 0 Å². The lowest BCUT2D eigenvalue weighted by atomic mass is 10.1. The van der Waals surface area contributed by atoms with Gasteiger partial charge in [-0.1, -0.05) is 18.2 Å². The number of nitrogens with one attached hydrogen (secondary N) is 1. The normalized spacial score (nSPS) is 10.3. The fraction of sp³-hybridized carbons (Fsp3) is 0.200. The standard InChI is InChI=1S/C10H11N3O/c14-10-4-2-1-3-8(10)5-6-9-7-11-13-12-9/h1-4,7,14H,5-6H2,(H,11,12,13). The number of para-hydroxylation sites is 1. The van der Waals surface area contributed by atoms with E-state index in [1.807, 2.05) is 18.2 Å². The van der Waals surface area contributed by atoms with Crippen LogP contribution in [0.3, 0.4) is 0 Å². The molecule has 0 aliphatic carbocycles. The number of hydrogen-bond acceptors (Lipinski definition) is 3. The highest BCUT2D eigenvalue weighted by molar-refractivity contribution is 5.32. The third-order valence-electron chi connectivity index (χ3n) is 2.11. The Morgan fingerprint density at radius 3 is 2.79 bits per heavy atom. The molecule has 0 unspecified atom stereocenters. The minimum Gasteiger partial charge on any atom is -0.508 e. The van der Waals surface area contributed by atoms with Gasteiger partial charge in [0.1, 0.15) is 5.75 Å². The van der Waals surface area contributed by atoms with Crippen molar-refractivity contribution < 1.29 is 5.11 Å². The summed E-state index contributed by atoms with van der Waals surface area (Å²) in [6.45, 7) is 0. The van der Waals surface area contributed by atoms with Crippen LogP contribution in [0.25, 0.3) is 0 Å². The molecular weight excluding hydrogens is 178 g/mol. The van der Waals surface area contributed by atoms with E-state index < -0.39 is 0 Å². The summed E-state index contributed by atoms with van der Waals surface area (Å²) in [5.41, 5.74) is 1.85. The largest absolute Gasteiger partial charge is 0.508 e. The van der Waals surface area contributed by atoms with E-state index in [2.05, 4.69) is 15.4 Å². The number of aromatic hydroxyl groups is 1. The molecule has 2 N–H and O–H groups in total.